The van der Waals surface area contributed by atoms with Gasteiger partial charge in [-0.1, -0.05) is 82.3 Å². The molecule has 0 amide bonds. The lowest BCUT2D eigenvalue weighted by atomic mass is 9.58. The molecule has 0 unspecified atom stereocenters. The van der Waals surface area contributed by atoms with Gasteiger partial charge < -0.3 is 14.3 Å². The summed E-state index contributed by atoms with van der Waals surface area (Å²) in [5.74, 6) is 0. The number of rotatable bonds is 2. The van der Waals surface area contributed by atoms with Gasteiger partial charge in [-0.05, 0) is 118 Å². The number of anilines is 3. The van der Waals surface area contributed by atoms with Gasteiger partial charge >= 0.3 is 0 Å². The average Bonchev–Trinajstić information content (AvgIpc) is 3.76. The number of nitrogens with zero attached hydrogens (tertiary/aromatic N) is 1. The van der Waals surface area contributed by atoms with Gasteiger partial charge in [-0.15, -0.1) is 11.3 Å². The Morgan fingerprint density at radius 3 is 2.22 bits per heavy atom. The van der Waals surface area contributed by atoms with E-state index in [2.05, 4.69) is 136 Å². The third-order valence-corrected chi connectivity index (χ3v) is 12.9. The standard InChI is InChI=1S/C44H39BN2OS/c1-24-20-30(26-14-11-15-29-39(26)46-40-27-12-7-9-16-35(27)48-41(29)40)37-34(21-24)47(42-38(45-37)28-13-8-10-17-36(28)49-42)33-23-32-31(22-25(33)2)43(3,4)18-19-44(32,5)6/h7-17,20-23,45-46H,18-19H2,1-6H3. The SMILES string of the molecule is Cc1cc(-c2cccc3c2[nH]c2c4ccccc4oc32)c2c(c1)N(c1cc3c(cc1C)C(C)(C)CCC3(C)C)c1sc3ccccc3c1B2. The third-order valence-electron chi connectivity index (χ3n) is 11.7. The van der Waals surface area contributed by atoms with Crippen molar-refractivity contribution < 1.29 is 4.42 Å². The van der Waals surface area contributed by atoms with E-state index in [1.165, 1.54) is 83.6 Å². The lowest BCUT2D eigenvalue weighted by molar-refractivity contribution is 0.332. The van der Waals surface area contributed by atoms with Gasteiger partial charge in [-0.25, -0.2) is 0 Å². The van der Waals surface area contributed by atoms with Crippen molar-refractivity contribution in [2.75, 3.05) is 4.90 Å². The summed E-state index contributed by atoms with van der Waals surface area (Å²) in [4.78, 5) is 6.46. The zero-order valence-corrected chi connectivity index (χ0v) is 29.9. The minimum Gasteiger partial charge on any atom is -0.454 e. The Balaban J connectivity index is 1.26. The predicted octanol–water partition coefficient (Wildman–Crippen LogP) is 11.1. The van der Waals surface area contributed by atoms with Crippen LogP contribution in [0.15, 0.2) is 95.4 Å². The van der Waals surface area contributed by atoms with Crippen molar-refractivity contribution in [2.45, 2.75) is 65.2 Å². The van der Waals surface area contributed by atoms with Crippen LogP contribution in [-0.2, 0) is 10.8 Å². The fourth-order valence-corrected chi connectivity index (χ4v) is 10.2. The molecule has 49 heavy (non-hydrogen) atoms. The monoisotopic (exact) mass is 654 g/mol. The van der Waals surface area contributed by atoms with Crippen molar-refractivity contribution in [1.82, 2.24) is 4.98 Å². The summed E-state index contributed by atoms with van der Waals surface area (Å²) in [6.45, 7) is 14.3. The van der Waals surface area contributed by atoms with Crippen LogP contribution in [0.2, 0.25) is 0 Å². The molecule has 240 valence electrons. The van der Waals surface area contributed by atoms with E-state index in [0.29, 0.717) is 0 Å². The third kappa shape index (κ3) is 4.09. The van der Waals surface area contributed by atoms with Crippen molar-refractivity contribution >= 4 is 89.0 Å². The predicted molar refractivity (Wildman–Crippen MR) is 212 cm³/mol. The number of H-pyrrole nitrogens is 1. The highest BCUT2D eigenvalue weighted by Gasteiger charge is 2.39. The van der Waals surface area contributed by atoms with Crippen molar-refractivity contribution in [3.05, 3.63) is 113 Å². The first-order valence-electron chi connectivity index (χ1n) is 17.6. The van der Waals surface area contributed by atoms with Crippen LogP contribution in [-0.4, -0.2) is 12.3 Å². The average molecular weight is 655 g/mol. The van der Waals surface area contributed by atoms with Crippen molar-refractivity contribution in [3.8, 4) is 11.1 Å². The Labute approximate surface area is 291 Å². The van der Waals surface area contributed by atoms with Gasteiger partial charge in [0.2, 0.25) is 7.28 Å². The molecule has 0 atom stereocenters. The number of aromatic amines is 1. The first-order chi connectivity index (χ1) is 23.6. The maximum Gasteiger partial charge on any atom is 0.200 e. The van der Waals surface area contributed by atoms with Gasteiger partial charge in [0.15, 0.2) is 5.58 Å². The summed E-state index contributed by atoms with van der Waals surface area (Å²) in [5, 5.41) is 4.97. The first-order valence-corrected chi connectivity index (χ1v) is 18.4. The molecule has 5 heteroatoms. The fourth-order valence-electron chi connectivity index (χ4n) is 8.92. The number of thiophene rings is 1. The van der Waals surface area contributed by atoms with E-state index >= 15 is 0 Å². The first kappa shape index (κ1) is 29.2. The topological polar surface area (TPSA) is 32.2 Å². The Morgan fingerprint density at radius 1 is 0.694 bits per heavy atom. The van der Waals surface area contributed by atoms with E-state index in [-0.39, 0.29) is 10.8 Å². The Hall–Kier alpha value is -4.74. The molecule has 8 aromatic rings. The highest BCUT2D eigenvalue weighted by molar-refractivity contribution is 7.25. The van der Waals surface area contributed by atoms with Crippen molar-refractivity contribution in [2.24, 2.45) is 0 Å². The summed E-state index contributed by atoms with van der Waals surface area (Å²) >= 11 is 1.93. The molecule has 0 radical (unpaired) electrons. The molecular weight excluding hydrogens is 615 g/mol. The van der Waals surface area contributed by atoms with Crippen molar-refractivity contribution in [3.63, 3.8) is 0 Å². The fraction of sp³-hybridized carbons (Fsp3) is 0.227. The minimum absolute atomic E-state index is 0.122. The second-order valence-electron chi connectivity index (χ2n) is 15.8. The molecule has 0 saturated heterocycles. The van der Waals surface area contributed by atoms with Crippen LogP contribution in [0.5, 0.6) is 0 Å². The van der Waals surface area contributed by atoms with Crippen LogP contribution in [0.1, 0.15) is 62.8 Å². The smallest absolute Gasteiger partial charge is 0.200 e. The quantitative estimate of drug-likeness (QED) is 0.188. The van der Waals surface area contributed by atoms with Crippen molar-refractivity contribution in [1.29, 1.82) is 0 Å². The van der Waals surface area contributed by atoms with Gasteiger partial charge in [0.25, 0.3) is 0 Å². The van der Waals surface area contributed by atoms with E-state index < -0.39 is 0 Å². The summed E-state index contributed by atoms with van der Waals surface area (Å²) in [5.41, 5.74) is 17.9. The second kappa shape index (κ2) is 9.92. The van der Waals surface area contributed by atoms with Gasteiger partial charge in [0, 0.05) is 26.7 Å². The Kier molecular flexibility index (Phi) is 5.91. The molecule has 1 aliphatic carbocycles. The number of para-hydroxylation sites is 2. The molecule has 2 aliphatic rings. The maximum atomic E-state index is 6.44. The van der Waals surface area contributed by atoms with E-state index in [1.807, 2.05) is 17.4 Å². The zero-order chi connectivity index (χ0) is 33.4. The van der Waals surface area contributed by atoms with Gasteiger partial charge in [0.05, 0.1) is 21.7 Å². The number of hydrogen-bond acceptors (Lipinski definition) is 3. The lowest BCUT2D eigenvalue weighted by Gasteiger charge is -2.43. The van der Waals surface area contributed by atoms with E-state index in [0.717, 1.165) is 40.3 Å². The van der Waals surface area contributed by atoms with Gasteiger partial charge in [-0.2, -0.15) is 0 Å². The Morgan fingerprint density at radius 2 is 1.41 bits per heavy atom. The number of nitrogens with one attached hydrogen (secondary N) is 1. The molecule has 3 nitrogen and oxygen atoms in total. The molecule has 1 aliphatic heterocycles. The van der Waals surface area contributed by atoms with E-state index in [1.54, 1.807) is 0 Å². The number of aryl methyl sites for hydroxylation is 2. The van der Waals surface area contributed by atoms with Crippen LogP contribution in [0.25, 0.3) is 54.2 Å². The Bertz CT molecular complexity index is 2690. The normalized spacial score (nSPS) is 16.2. The lowest BCUT2D eigenvalue weighted by Crippen LogP contribution is -2.40. The highest BCUT2D eigenvalue weighted by Crippen LogP contribution is 2.51. The van der Waals surface area contributed by atoms with Crippen LogP contribution in [0.3, 0.4) is 0 Å². The molecule has 0 saturated carbocycles. The molecule has 0 bridgehead atoms. The maximum absolute atomic E-state index is 6.44. The second-order valence-corrected chi connectivity index (χ2v) is 16.8. The highest BCUT2D eigenvalue weighted by atomic mass is 32.1. The molecule has 3 aromatic heterocycles. The number of hydrogen-bond donors (Lipinski definition) is 1. The summed E-state index contributed by atoms with van der Waals surface area (Å²) in [7, 11) is 0.888. The summed E-state index contributed by atoms with van der Waals surface area (Å²) in [6, 6.07) is 33.9. The van der Waals surface area contributed by atoms with Crippen LogP contribution < -0.4 is 15.8 Å². The van der Waals surface area contributed by atoms with Gasteiger partial charge in [-0.3, -0.25) is 0 Å². The minimum atomic E-state index is 0.122. The molecule has 0 spiro atoms. The van der Waals surface area contributed by atoms with Crippen LogP contribution in [0.4, 0.5) is 16.4 Å². The number of fused-ring (bicyclic) bond motifs is 10. The number of benzene rings is 5. The molecule has 1 N–H and O–H groups in total. The van der Waals surface area contributed by atoms with E-state index in [4.69, 9.17) is 4.42 Å². The molecule has 4 heterocycles. The number of furan rings is 1. The molecule has 5 aromatic carbocycles. The van der Waals surface area contributed by atoms with Crippen LogP contribution in [0, 0.1) is 13.8 Å². The molecule has 10 rings (SSSR count). The zero-order valence-electron chi connectivity index (χ0n) is 29.0. The van der Waals surface area contributed by atoms with E-state index in [9.17, 15) is 0 Å². The summed E-state index contributed by atoms with van der Waals surface area (Å²) in [6.07, 6.45) is 2.41. The van der Waals surface area contributed by atoms with Gasteiger partial charge in [0.1, 0.15) is 5.58 Å². The number of aromatic nitrogens is 1. The molecule has 0 fully saturated rings. The largest absolute Gasteiger partial charge is 0.454 e. The molecular formula is C44H39BN2OS. The summed E-state index contributed by atoms with van der Waals surface area (Å²) < 4.78 is 7.79. The van der Waals surface area contributed by atoms with Crippen LogP contribution >= 0.6 is 11.3 Å².